The molecule has 11 aromatic rings. The van der Waals surface area contributed by atoms with Gasteiger partial charge in [-0.3, -0.25) is 0 Å². The van der Waals surface area contributed by atoms with E-state index in [-0.39, 0.29) is 5.41 Å². The van der Waals surface area contributed by atoms with Crippen LogP contribution in [0.2, 0.25) is 0 Å². The topological polar surface area (TPSA) is 13.1 Å². The molecule has 0 fully saturated rings. The maximum absolute atomic E-state index is 6.79. The van der Waals surface area contributed by atoms with Crippen LogP contribution in [0.1, 0.15) is 25.0 Å². The molecule has 0 atom stereocenters. The average molecular weight is 713 g/mol. The summed E-state index contributed by atoms with van der Waals surface area (Å²) in [4.78, 5) is 0. The van der Waals surface area contributed by atoms with Gasteiger partial charge in [-0.2, -0.15) is 0 Å². The molecule has 10 aromatic carbocycles. The van der Waals surface area contributed by atoms with Crippen LogP contribution in [0.5, 0.6) is 0 Å². The Balaban J connectivity index is 1.05. The molecule has 0 spiro atoms. The first-order valence-corrected chi connectivity index (χ1v) is 19.6. The lowest BCUT2D eigenvalue weighted by molar-refractivity contribution is 0.620. The van der Waals surface area contributed by atoms with E-state index in [1.54, 1.807) is 0 Å². The lowest BCUT2D eigenvalue weighted by atomic mass is 9.80. The van der Waals surface area contributed by atoms with Crippen LogP contribution in [-0.4, -0.2) is 0 Å². The van der Waals surface area contributed by atoms with Crippen LogP contribution in [0, 0.1) is 0 Å². The molecule has 0 saturated heterocycles. The van der Waals surface area contributed by atoms with Crippen molar-refractivity contribution in [1.82, 2.24) is 0 Å². The van der Waals surface area contributed by atoms with Gasteiger partial charge in [0, 0.05) is 21.8 Å². The minimum absolute atomic E-state index is 0.252. The first kappa shape index (κ1) is 31.4. The van der Waals surface area contributed by atoms with Gasteiger partial charge < -0.3 is 4.42 Å². The molecule has 1 heteroatoms. The molecule has 0 N–H and O–H groups in total. The molecule has 12 rings (SSSR count). The zero-order chi connectivity index (χ0) is 37.1. The highest BCUT2D eigenvalue weighted by atomic mass is 16.3. The van der Waals surface area contributed by atoms with E-state index in [4.69, 9.17) is 4.42 Å². The van der Waals surface area contributed by atoms with Gasteiger partial charge >= 0.3 is 0 Å². The molecular formula is C55H36O. The number of hydrogen-bond acceptors (Lipinski definition) is 1. The summed E-state index contributed by atoms with van der Waals surface area (Å²) in [5, 5.41) is 12.5. The number of benzene rings is 10. The fraction of sp³-hybridized carbons (Fsp3) is 0.0545. The second-order valence-corrected chi connectivity index (χ2v) is 15.9. The van der Waals surface area contributed by atoms with Gasteiger partial charge in [-0.15, -0.1) is 0 Å². The van der Waals surface area contributed by atoms with E-state index < -0.39 is 0 Å². The largest absolute Gasteiger partial charge is 0.456 e. The van der Waals surface area contributed by atoms with E-state index >= 15 is 0 Å². The van der Waals surface area contributed by atoms with Crippen LogP contribution in [0.25, 0.3) is 110 Å². The van der Waals surface area contributed by atoms with Crippen LogP contribution in [0.4, 0.5) is 0 Å². The Morgan fingerprint density at radius 2 is 0.929 bits per heavy atom. The first-order chi connectivity index (χ1) is 27.6. The average Bonchev–Trinajstić information content (AvgIpc) is 3.74. The highest BCUT2D eigenvalue weighted by Gasteiger charge is 2.39. The maximum atomic E-state index is 6.79. The van der Waals surface area contributed by atoms with E-state index in [1.165, 1.54) is 109 Å². The van der Waals surface area contributed by atoms with Gasteiger partial charge in [0.25, 0.3) is 0 Å². The minimum Gasteiger partial charge on any atom is -0.456 e. The maximum Gasteiger partial charge on any atom is 0.140 e. The van der Waals surface area contributed by atoms with Gasteiger partial charge in [0.15, 0.2) is 0 Å². The minimum atomic E-state index is -0.252. The zero-order valence-electron chi connectivity index (χ0n) is 31.2. The van der Waals surface area contributed by atoms with E-state index in [0.717, 1.165) is 11.2 Å². The van der Waals surface area contributed by atoms with Crippen LogP contribution >= 0.6 is 0 Å². The van der Waals surface area contributed by atoms with Crippen LogP contribution in [0.3, 0.4) is 0 Å². The van der Waals surface area contributed by atoms with Crippen LogP contribution < -0.4 is 0 Å². The highest BCUT2D eigenvalue weighted by molar-refractivity contribution is 6.24. The summed E-state index contributed by atoms with van der Waals surface area (Å²) < 4.78 is 6.79. The van der Waals surface area contributed by atoms with Crippen LogP contribution in [-0.2, 0) is 5.41 Å². The van der Waals surface area contributed by atoms with E-state index in [2.05, 4.69) is 196 Å². The Bertz CT molecular complexity index is 3380. The zero-order valence-corrected chi connectivity index (χ0v) is 31.2. The van der Waals surface area contributed by atoms with Gasteiger partial charge in [0.1, 0.15) is 11.2 Å². The molecule has 0 radical (unpaired) electrons. The Labute approximate surface area is 325 Å². The van der Waals surface area contributed by atoms with Crippen molar-refractivity contribution in [1.29, 1.82) is 0 Å². The van der Waals surface area contributed by atoms with E-state index in [0.29, 0.717) is 0 Å². The summed E-state index contributed by atoms with van der Waals surface area (Å²) in [7, 11) is 0. The van der Waals surface area contributed by atoms with Crippen molar-refractivity contribution in [3.8, 4) is 44.5 Å². The summed E-state index contributed by atoms with van der Waals surface area (Å²) in [6.45, 7) is 4.73. The fourth-order valence-electron chi connectivity index (χ4n) is 10.2. The normalized spacial score (nSPS) is 13.3. The Kier molecular flexibility index (Phi) is 6.46. The molecule has 56 heavy (non-hydrogen) atoms. The summed E-state index contributed by atoms with van der Waals surface area (Å²) in [6, 6.07) is 67.0. The number of hydrogen-bond donors (Lipinski definition) is 0. The fourth-order valence-corrected chi connectivity index (χ4v) is 10.2. The number of rotatable bonds is 3. The van der Waals surface area contributed by atoms with Crippen molar-refractivity contribution in [2.45, 2.75) is 19.3 Å². The molecule has 1 aromatic heterocycles. The molecule has 1 aliphatic rings. The predicted molar refractivity (Wildman–Crippen MR) is 238 cm³/mol. The molecule has 0 aliphatic heterocycles. The number of furan rings is 1. The molecule has 262 valence electrons. The lowest BCUT2D eigenvalue weighted by Crippen LogP contribution is -2.15. The van der Waals surface area contributed by atoms with Gasteiger partial charge in [-0.1, -0.05) is 178 Å². The van der Waals surface area contributed by atoms with Crippen molar-refractivity contribution in [3.05, 3.63) is 193 Å². The summed E-state index contributed by atoms with van der Waals surface area (Å²) in [6.07, 6.45) is 0. The molecule has 1 nitrogen and oxygen atoms in total. The van der Waals surface area contributed by atoms with Gasteiger partial charge in [0.05, 0.1) is 0 Å². The Morgan fingerprint density at radius 1 is 0.375 bits per heavy atom. The van der Waals surface area contributed by atoms with Crippen molar-refractivity contribution in [2.24, 2.45) is 0 Å². The molecule has 0 unspecified atom stereocenters. The van der Waals surface area contributed by atoms with Gasteiger partial charge in [-0.05, 0) is 111 Å². The summed E-state index contributed by atoms with van der Waals surface area (Å²) >= 11 is 0. The van der Waals surface area contributed by atoms with Crippen molar-refractivity contribution < 1.29 is 4.42 Å². The quantitative estimate of drug-likeness (QED) is 0.166. The lowest BCUT2D eigenvalue weighted by Gasteiger charge is -2.22. The third kappa shape index (κ3) is 4.26. The molecule has 0 saturated carbocycles. The van der Waals surface area contributed by atoms with Gasteiger partial charge in [0.2, 0.25) is 0 Å². The predicted octanol–water partition coefficient (Wildman–Crippen LogP) is 15.5. The molecular weight excluding hydrogens is 677 g/mol. The number of fused-ring (bicyclic) bond motifs is 12. The third-order valence-electron chi connectivity index (χ3n) is 12.6. The SMILES string of the molecule is CC1(C)c2cc(-c3ccc(-c4c5ccccc5c(-c5ccccc5)c5ccccc45)c4ccccc34)ccc2-c2ccc3c(oc4ccc5ccccc5c43)c21. The summed E-state index contributed by atoms with van der Waals surface area (Å²) in [5.74, 6) is 0. The van der Waals surface area contributed by atoms with E-state index in [1.807, 2.05) is 0 Å². The molecule has 0 bridgehead atoms. The van der Waals surface area contributed by atoms with Crippen LogP contribution in [0.15, 0.2) is 186 Å². The second kappa shape index (κ2) is 11.5. The Morgan fingerprint density at radius 3 is 1.64 bits per heavy atom. The smallest absolute Gasteiger partial charge is 0.140 e. The molecule has 0 amide bonds. The van der Waals surface area contributed by atoms with E-state index in [9.17, 15) is 0 Å². The monoisotopic (exact) mass is 712 g/mol. The van der Waals surface area contributed by atoms with Crippen molar-refractivity contribution in [3.63, 3.8) is 0 Å². The first-order valence-electron chi connectivity index (χ1n) is 19.6. The Hall–Kier alpha value is -6.96. The molecule has 1 aliphatic carbocycles. The van der Waals surface area contributed by atoms with Gasteiger partial charge in [-0.25, -0.2) is 0 Å². The standard InChI is InChI=1S/C55H36O/c1-55(2)48-32-35(24-26-40(48)46-29-30-47-52-37-17-7-6-14-33(37)25-31-49(52)56-54(47)53(46)55)36-27-28-45(39-19-9-8-18-38(36)39)51-43-22-12-10-20-41(43)50(34-15-4-3-5-16-34)42-21-11-13-23-44(42)51/h3-32H,1-2H3. The third-order valence-corrected chi connectivity index (χ3v) is 12.6. The van der Waals surface area contributed by atoms with Crippen molar-refractivity contribution >= 4 is 65.0 Å². The van der Waals surface area contributed by atoms with Crippen molar-refractivity contribution in [2.75, 3.05) is 0 Å². The summed E-state index contributed by atoms with van der Waals surface area (Å²) in [5.41, 5.74) is 14.4. The molecule has 1 heterocycles. The highest BCUT2D eigenvalue weighted by Crippen LogP contribution is 2.54. The second-order valence-electron chi connectivity index (χ2n) is 15.9.